The van der Waals surface area contributed by atoms with Gasteiger partial charge in [0.2, 0.25) is 0 Å². The van der Waals surface area contributed by atoms with Gasteiger partial charge < -0.3 is 9.64 Å². The van der Waals surface area contributed by atoms with Crippen molar-refractivity contribution in [2.75, 3.05) is 24.0 Å². The second-order valence-electron chi connectivity index (χ2n) is 6.89. The molecule has 4 rings (SSSR count). The van der Waals surface area contributed by atoms with Crippen molar-refractivity contribution < 1.29 is 18.7 Å². The average Bonchev–Trinajstić information content (AvgIpc) is 3.04. The average molecular weight is 437 g/mol. The number of amides is 2. The normalized spacial score (nSPS) is 13.7. The van der Waals surface area contributed by atoms with Crippen molar-refractivity contribution in [3.05, 3.63) is 94.9 Å². The molecule has 31 heavy (non-hydrogen) atoms. The fourth-order valence-corrected chi connectivity index (χ4v) is 3.77. The Balaban J connectivity index is 1.86. The molecule has 7 heteroatoms. The Bertz CT molecular complexity index is 1190. The molecule has 156 valence electrons. The van der Waals surface area contributed by atoms with Gasteiger partial charge in [0.15, 0.2) is 0 Å². The predicted octanol–water partition coefficient (Wildman–Crippen LogP) is 4.91. The van der Waals surface area contributed by atoms with Gasteiger partial charge in [-0.3, -0.25) is 9.59 Å². The molecule has 0 saturated carbocycles. The summed E-state index contributed by atoms with van der Waals surface area (Å²) < 4.78 is 18.7. The number of hydrogen-bond donors (Lipinski definition) is 0. The van der Waals surface area contributed by atoms with Gasteiger partial charge in [-0.2, -0.15) is 0 Å². The molecule has 1 aliphatic heterocycles. The maximum atomic E-state index is 13.5. The first kappa shape index (κ1) is 20.6. The summed E-state index contributed by atoms with van der Waals surface area (Å²) in [7, 11) is 3.19. The Labute approximate surface area is 183 Å². The second kappa shape index (κ2) is 8.24. The molecule has 1 heterocycles. The molecule has 1 aliphatic rings. The maximum absolute atomic E-state index is 13.5. The van der Waals surface area contributed by atoms with Crippen LogP contribution in [0, 0.1) is 5.82 Å². The fourth-order valence-electron chi connectivity index (χ4n) is 3.52. The molecule has 0 saturated heterocycles. The van der Waals surface area contributed by atoms with E-state index < -0.39 is 17.6 Å². The van der Waals surface area contributed by atoms with Crippen LogP contribution in [0.25, 0.3) is 5.57 Å². The largest absolute Gasteiger partial charge is 0.495 e. The van der Waals surface area contributed by atoms with Crippen molar-refractivity contribution in [3.8, 4) is 5.75 Å². The molecule has 0 radical (unpaired) electrons. The summed E-state index contributed by atoms with van der Waals surface area (Å²) in [6.45, 7) is 0. The van der Waals surface area contributed by atoms with Gasteiger partial charge in [0.1, 0.15) is 17.3 Å². The van der Waals surface area contributed by atoms with E-state index in [9.17, 15) is 14.0 Å². The number of hydrogen-bond acceptors (Lipinski definition) is 4. The molecule has 0 fully saturated rings. The molecular formula is C24H18ClFN2O3. The van der Waals surface area contributed by atoms with Crippen LogP contribution in [-0.2, 0) is 9.59 Å². The third kappa shape index (κ3) is 3.66. The number of imide groups is 1. The lowest BCUT2D eigenvalue weighted by atomic mass is 10.0. The topological polar surface area (TPSA) is 49.9 Å². The summed E-state index contributed by atoms with van der Waals surface area (Å²) in [6, 6.07) is 19.4. The number of carbonyl (C=O) groups is 2. The molecule has 5 nitrogen and oxygen atoms in total. The third-order valence-corrected chi connectivity index (χ3v) is 5.36. The highest BCUT2D eigenvalue weighted by molar-refractivity contribution is 6.46. The minimum atomic E-state index is -0.518. The standard InChI is InChI=1S/C24H18ClFN2O3/c1-27(17-6-4-3-5-7-17)22-21(15-8-10-16(26)11-9-15)23(29)28(24(22)30)18-12-13-20(31-2)19(25)14-18/h3-14H,1-2H3. The van der Waals surface area contributed by atoms with Crippen LogP contribution >= 0.6 is 11.6 Å². The third-order valence-electron chi connectivity index (χ3n) is 5.06. The Morgan fingerprint density at radius 3 is 2.23 bits per heavy atom. The van der Waals surface area contributed by atoms with E-state index in [0.717, 1.165) is 10.6 Å². The monoisotopic (exact) mass is 436 g/mol. The van der Waals surface area contributed by atoms with Gasteiger partial charge in [-0.05, 0) is 48.0 Å². The highest BCUT2D eigenvalue weighted by Gasteiger charge is 2.42. The lowest BCUT2D eigenvalue weighted by Crippen LogP contribution is -2.34. The lowest BCUT2D eigenvalue weighted by Gasteiger charge is -2.21. The van der Waals surface area contributed by atoms with Gasteiger partial charge in [-0.1, -0.05) is 41.9 Å². The predicted molar refractivity (Wildman–Crippen MR) is 119 cm³/mol. The summed E-state index contributed by atoms with van der Waals surface area (Å²) >= 11 is 6.23. The van der Waals surface area contributed by atoms with Crippen LogP contribution in [-0.4, -0.2) is 26.0 Å². The van der Waals surface area contributed by atoms with Crippen LogP contribution in [0.2, 0.25) is 5.02 Å². The summed E-state index contributed by atoms with van der Waals surface area (Å²) in [6.07, 6.45) is 0. The van der Waals surface area contributed by atoms with E-state index in [4.69, 9.17) is 16.3 Å². The van der Waals surface area contributed by atoms with E-state index in [-0.39, 0.29) is 16.3 Å². The van der Waals surface area contributed by atoms with Crippen LogP contribution in [0.1, 0.15) is 5.56 Å². The Morgan fingerprint density at radius 1 is 0.935 bits per heavy atom. The minimum Gasteiger partial charge on any atom is -0.495 e. The maximum Gasteiger partial charge on any atom is 0.282 e. The molecule has 0 bridgehead atoms. The number of anilines is 2. The van der Waals surface area contributed by atoms with Gasteiger partial charge in [0, 0.05) is 12.7 Å². The number of para-hydroxylation sites is 1. The number of benzene rings is 3. The lowest BCUT2D eigenvalue weighted by molar-refractivity contribution is -0.120. The Hall–Kier alpha value is -3.64. The molecule has 0 aromatic heterocycles. The Kier molecular flexibility index (Phi) is 5.48. The van der Waals surface area contributed by atoms with Gasteiger partial charge in [0.25, 0.3) is 11.8 Å². The molecule has 3 aromatic rings. The van der Waals surface area contributed by atoms with E-state index in [2.05, 4.69) is 0 Å². The number of ether oxygens (including phenoxy) is 1. The number of halogens is 2. The number of rotatable bonds is 5. The SMILES string of the molecule is COc1ccc(N2C(=O)C(c3ccc(F)cc3)=C(N(C)c3ccccc3)C2=O)cc1Cl. The van der Waals surface area contributed by atoms with Crippen molar-refractivity contribution in [2.24, 2.45) is 0 Å². The van der Waals surface area contributed by atoms with Crippen LogP contribution in [0.15, 0.2) is 78.5 Å². The molecule has 0 atom stereocenters. The molecule has 0 unspecified atom stereocenters. The van der Waals surface area contributed by atoms with E-state index in [1.165, 1.54) is 37.4 Å². The van der Waals surface area contributed by atoms with Crippen molar-refractivity contribution >= 4 is 40.4 Å². The molecule has 0 N–H and O–H groups in total. The van der Waals surface area contributed by atoms with Crippen molar-refractivity contribution in [2.45, 2.75) is 0 Å². The van der Waals surface area contributed by atoms with Crippen LogP contribution in [0.5, 0.6) is 5.75 Å². The summed E-state index contributed by atoms with van der Waals surface area (Å²) in [5, 5.41) is 0.272. The van der Waals surface area contributed by atoms with Crippen LogP contribution < -0.4 is 14.5 Å². The quantitative estimate of drug-likeness (QED) is 0.533. The Morgan fingerprint density at radius 2 is 1.61 bits per heavy atom. The molecule has 3 aromatic carbocycles. The molecule has 2 amide bonds. The van der Waals surface area contributed by atoms with Crippen LogP contribution in [0.3, 0.4) is 0 Å². The van der Waals surface area contributed by atoms with Gasteiger partial charge in [0.05, 0.1) is 23.4 Å². The first-order chi connectivity index (χ1) is 14.9. The number of likely N-dealkylation sites (N-methyl/N-ethyl adjacent to an activating group) is 1. The molecular weight excluding hydrogens is 419 g/mol. The summed E-state index contributed by atoms with van der Waals surface area (Å²) in [4.78, 5) is 29.7. The van der Waals surface area contributed by atoms with Crippen LogP contribution in [0.4, 0.5) is 15.8 Å². The highest BCUT2D eigenvalue weighted by atomic mass is 35.5. The van der Waals surface area contributed by atoms with E-state index in [1.807, 2.05) is 30.3 Å². The van der Waals surface area contributed by atoms with Crippen molar-refractivity contribution in [1.82, 2.24) is 0 Å². The number of methoxy groups -OCH3 is 1. The zero-order valence-electron chi connectivity index (χ0n) is 16.8. The number of carbonyl (C=O) groups excluding carboxylic acids is 2. The summed E-state index contributed by atoms with van der Waals surface area (Å²) in [5.41, 5.74) is 1.86. The second-order valence-corrected chi connectivity index (χ2v) is 7.30. The van der Waals surface area contributed by atoms with E-state index in [1.54, 1.807) is 24.1 Å². The highest BCUT2D eigenvalue weighted by Crippen LogP contribution is 2.38. The smallest absolute Gasteiger partial charge is 0.282 e. The van der Waals surface area contributed by atoms with Crippen molar-refractivity contribution in [1.29, 1.82) is 0 Å². The van der Waals surface area contributed by atoms with E-state index >= 15 is 0 Å². The summed E-state index contributed by atoms with van der Waals surface area (Å²) in [5.74, 6) is -1.02. The minimum absolute atomic E-state index is 0.184. The molecule has 0 spiro atoms. The zero-order valence-corrected chi connectivity index (χ0v) is 17.6. The van der Waals surface area contributed by atoms with Crippen molar-refractivity contribution in [3.63, 3.8) is 0 Å². The fraction of sp³-hybridized carbons (Fsp3) is 0.0833. The van der Waals surface area contributed by atoms with Gasteiger partial charge in [-0.25, -0.2) is 9.29 Å². The first-order valence-electron chi connectivity index (χ1n) is 9.43. The number of nitrogens with zero attached hydrogens (tertiary/aromatic N) is 2. The van der Waals surface area contributed by atoms with E-state index in [0.29, 0.717) is 17.0 Å². The van der Waals surface area contributed by atoms with Gasteiger partial charge in [-0.15, -0.1) is 0 Å². The first-order valence-corrected chi connectivity index (χ1v) is 9.81. The van der Waals surface area contributed by atoms with Gasteiger partial charge >= 0.3 is 0 Å². The zero-order chi connectivity index (χ0) is 22.1. The molecule has 0 aliphatic carbocycles.